The average molecular weight is 471 g/mol. The molecule has 4 rings (SSSR count). The van der Waals surface area contributed by atoms with Crippen LogP contribution in [0, 0.1) is 0 Å². The van der Waals surface area contributed by atoms with Crippen LogP contribution in [0.4, 0.5) is 5.82 Å². The van der Waals surface area contributed by atoms with E-state index in [0.717, 1.165) is 47.7 Å². The van der Waals surface area contributed by atoms with Crippen LogP contribution < -0.4 is 11.1 Å². The molecule has 0 spiro atoms. The summed E-state index contributed by atoms with van der Waals surface area (Å²) in [5.74, 6) is 0.793. The van der Waals surface area contributed by atoms with Crippen LogP contribution in [0.2, 0.25) is 10.0 Å². The van der Waals surface area contributed by atoms with E-state index < -0.39 is 0 Å². The van der Waals surface area contributed by atoms with Gasteiger partial charge in [0.05, 0.1) is 40.9 Å². The highest BCUT2D eigenvalue weighted by Gasteiger charge is 2.34. The van der Waals surface area contributed by atoms with E-state index in [1.54, 1.807) is 6.07 Å². The van der Waals surface area contributed by atoms with Gasteiger partial charge < -0.3 is 15.8 Å². The van der Waals surface area contributed by atoms with Crippen molar-refractivity contribution in [3.05, 3.63) is 75.0 Å². The zero-order chi connectivity index (χ0) is 22.7. The van der Waals surface area contributed by atoms with Gasteiger partial charge in [-0.2, -0.15) is 0 Å². The van der Waals surface area contributed by atoms with E-state index in [4.69, 9.17) is 43.6 Å². The summed E-state index contributed by atoms with van der Waals surface area (Å²) >= 11 is 12.6. The van der Waals surface area contributed by atoms with E-state index in [9.17, 15) is 0 Å². The van der Waals surface area contributed by atoms with Crippen molar-refractivity contribution in [3.63, 3.8) is 0 Å². The van der Waals surface area contributed by atoms with Gasteiger partial charge in [0.1, 0.15) is 5.82 Å². The Morgan fingerprint density at radius 3 is 2.56 bits per heavy atom. The first-order valence-electron chi connectivity index (χ1n) is 11.1. The Balaban J connectivity index is 1.73. The van der Waals surface area contributed by atoms with Gasteiger partial charge in [0.15, 0.2) is 0 Å². The summed E-state index contributed by atoms with van der Waals surface area (Å²) in [5, 5.41) is 4.83. The molecule has 1 aliphatic rings. The number of nitrogens with zero attached hydrogens (tertiary/aromatic N) is 2. The van der Waals surface area contributed by atoms with E-state index in [2.05, 4.69) is 43.4 Å². The number of ether oxygens (including phenoxy) is 1. The summed E-state index contributed by atoms with van der Waals surface area (Å²) in [6.45, 7) is 5.18. The molecule has 168 valence electrons. The lowest BCUT2D eigenvalue weighted by molar-refractivity contribution is 0.0532. The van der Waals surface area contributed by atoms with Gasteiger partial charge in [-0.05, 0) is 42.2 Å². The van der Waals surface area contributed by atoms with Crippen LogP contribution in [0.3, 0.4) is 0 Å². The second-order valence-corrected chi connectivity index (χ2v) is 8.71. The molecule has 0 aliphatic heterocycles. The minimum atomic E-state index is -0.00738. The Bertz CT molecular complexity index is 1110. The summed E-state index contributed by atoms with van der Waals surface area (Å²) in [4.78, 5) is 10.0. The summed E-state index contributed by atoms with van der Waals surface area (Å²) in [5.41, 5.74) is 11.7. The fraction of sp³-hybridized carbons (Fsp3) is 0.360. The van der Waals surface area contributed by atoms with Crippen molar-refractivity contribution in [3.8, 4) is 11.3 Å². The van der Waals surface area contributed by atoms with Gasteiger partial charge >= 0.3 is 0 Å². The zero-order valence-corrected chi connectivity index (χ0v) is 19.9. The molecule has 7 heteroatoms. The predicted octanol–water partition coefficient (Wildman–Crippen LogP) is 5.63. The Hall–Kier alpha value is -2.18. The number of aromatic nitrogens is 2. The molecule has 3 aromatic rings. The molecule has 32 heavy (non-hydrogen) atoms. The molecule has 5 nitrogen and oxygen atoms in total. The molecule has 0 fully saturated rings. The smallest absolute Gasteiger partial charge is 0.148 e. The van der Waals surface area contributed by atoms with E-state index in [1.807, 2.05) is 12.1 Å². The SMILES string of the molecule is CCc1nc(-c2ccc(Cl)cc2Cl)c(CC)nc1NC1c2ccccc2CC1OCCN. The minimum absolute atomic E-state index is 0.00193. The van der Waals surface area contributed by atoms with Crippen molar-refractivity contribution < 1.29 is 4.74 Å². The maximum atomic E-state index is 6.50. The third kappa shape index (κ3) is 4.62. The van der Waals surface area contributed by atoms with Crippen LogP contribution in [0.5, 0.6) is 0 Å². The number of nitrogens with two attached hydrogens (primary N) is 1. The summed E-state index contributed by atoms with van der Waals surface area (Å²) in [6.07, 6.45) is 2.31. The summed E-state index contributed by atoms with van der Waals surface area (Å²) in [7, 11) is 0. The van der Waals surface area contributed by atoms with Crippen molar-refractivity contribution in [2.24, 2.45) is 5.73 Å². The monoisotopic (exact) mass is 470 g/mol. The Morgan fingerprint density at radius 1 is 1.06 bits per heavy atom. The molecule has 0 saturated heterocycles. The van der Waals surface area contributed by atoms with Crippen LogP contribution in [-0.2, 0) is 24.0 Å². The molecule has 1 aliphatic carbocycles. The molecule has 0 bridgehead atoms. The molecule has 2 atom stereocenters. The maximum absolute atomic E-state index is 6.50. The van der Waals surface area contributed by atoms with E-state index in [1.165, 1.54) is 11.1 Å². The van der Waals surface area contributed by atoms with Crippen LogP contribution in [-0.4, -0.2) is 29.2 Å². The number of anilines is 1. The molecular weight excluding hydrogens is 443 g/mol. The van der Waals surface area contributed by atoms with Crippen molar-refractivity contribution in [1.82, 2.24) is 9.97 Å². The Morgan fingerprint density at radius 2 is 1.84 bits per heavy atom. The quantitative estimate of drug-likeness (QED) is 0.446. The largest absolute Gasteiger partial charge is 0.374 e. The topological polar surface area (TPSA) is 73.1 Å². The van der Waals surface area contributed by atoms with Gasteiger partial charge in [-0.25, -0.2) is 9.97 Å². The first-order valence-corrected chi connectivity index (χ1v) is 11.8. The van der Waals surface area contributed by atoms with E-state index in [0.29, 0.717) is 23.2 Å². The van der Waals surface area contributed by atoms with Gasteiger partial charge in [-0.15, -0.1) is 0 Å². The number of aryl methyl sites for hydroxylation is 2. The zero-order valence-electron chi connectivity index (χ0n) is 18.4. The number of rotatable bonds is 8. The van der Waals surface area contributed by atoms with Crippen LogP contribution in [0.25, 0.3) is 11.3 Å². The first-order chi connectivity index (χ1) is 15.5. The number of halogens is 2. The second kappa shape index (κ2) is 10.2. The Kier molecular flexibility index (Phi) is 7.31. The highest BCUT2D eigenvalue weighted by atomic mass is 35.5. The summed E-state index contributed by atoms with van der Waals surface area (Å²) < 4.78 is 6.10. The fourth-order valence-electron chi connectivity index (χ4n) is 4.26. The van der Waals surface area contributed by atoms with Crippen LogP contribution in [0.15, 0.2) is 42.5 Å². The van der Waals surface area contributed by atoms with Crippen molar-refractivity contribution >= 4 is 29.0 Å². The van der Waals surface area contributed by atoms with Gasteiger partial charge in [0.2, 0.25) is 0 Å². The molecular formula is C25H28Cl2N4O. The highest BCUT2D eigenvalue weighted by Crippen LogP contribution is 2.37. The normalized spacial score (nSPS) is 17.4. The highest BCUT2D eigenvalue weighted by molar-refractivity contribution is 6.36. The van der Waals surface area contributed by atoms with Crippen molar-refractivity contribution in [2.75, 3.05) is 18.5 Å². The lowest BCUT2D eigenvalue weighted by Crippen LogP contribution is -2.28. The first kappa shape index (κ1) is 23.0. The number of fused-ring (bicyclic) bond motifs is 1. The predicted molar refractivity (Wildman–Crippen MR) is 132 cm³/mol. The van der Waals surface area contributed by atoms with Crippen molar-refractivity contribution in [1.29, 1.82) is 0 Å². The fourth-order valence-corrected chi connectivity index (χ4v) is 4.76. The molecule has 0 radical (unpaired) electrons. The molecule has 0 amide bonds. The lowest BCUT2D eigenvalue weighted by atomic mass is 10.1. The Labute approximate surface area is 199 Å². The second-order valence-electron chi connectivity index (χ2n) is 7.87. The number of hydrogen-bond donors (Lipinski definition) is 2. The average Bonchev–Trinajstić information content (AvgIpc) is 3.15. The number of nitrogens with one attached hydrogen (secondary N) is 1. The van der Waals surface area contributed by atoms with Gasteiger partial charge in [-0.1, -0.05) is 61.3 Å². The standard InChI is InChI=1S/C25H28Cl2N4O/c1-3-20-23(18-10-9-16(26)14-19(18)27)29-21(4-2)25(30-20)31-24-17-8-6-5-7-15(17)13-22(24)32-12-11-28/h5-10,14,22,24H,3-4,11-13,28H2,1-2H3,(H,30,31). The number of benzene rings is 2. The number of hydrogen-bond acceptors (Lipinski definition) is 5. The van der Waals surface area contributed by atoms with Gasteiger partial charge in [-0.3, -0.25) is 0 Å². The van der Waals surface area contributed by atoms with Crippen LogP contribution >= 0.6 is 23.2 Å². The third-order valence-corrected chi connectivity index (χ3v) is 6.37. The van der Waals surface area contributed by atoms with Gasteiger partial charge in [0.25, 0.3) is 0 Å². The van der Waals surface area contributed by atoms with Crippen LogP contribution in [0.1, 0.15) is 42.4 Å². The molecule has 2 aromatic carbocycles. The molecule has 1 aromatic heterocycles. The van der Waals surface area contributed by atoms with E-state index in [-0.39, 0.29) is 12.1 Å². The van der Waals surface area contributed by atoms with E-state index >= 15 is 0 Å². The maximum Gasteiger partial charge on any atom is 0.148 e. The molecule has 3 N–H and O–H groups in total. The van der Waals surface area contributed by atoms with Crippen molar-refractivity contribution in [2.45, 2.75) is 45.3 Å². The molecule has 2 unspecified atom stereocenters. The molecule has 1 heterocycles. The summed E-state index contributed by atoms with van der Waals surface area (Å²) in [6, 6.07) is 13.9. The lowest BCUT2D eigenvalue weighted by Gasteiger charge is -2.24. The van der Waals surface area contributed by atoms with Gasteiger partial charge in [0, 0.05) is 23.6 Å². The third-order valence-electron chi connectivity index (χ3n) is 5.82. The molecule has 0 saturated carbocycles. The minimum Gasteiger partial charge on any atom is -0.374 e.